The summed E-state index contributed by atoms with van der Waals surface area (Å²) in [6.45, 7) is 2.71. The first-order valence-corrected chi connectivity index (χ1v) is 9.46. The number of hydrogen-bond acceptors (Lipinski definition) is 8. The highest BCUT2D eigenvalue weighted by Gasteiger charge is 2.14. The highest BCUT2D eigenvalue weighted by molar-refractivity contribution is 5.79. The number of ether oxygens (including phenoxy) is 3. The van der Waals surface area contributed by atoms with Crippen LogP contribution in [0.5, 0.6) is 17.4 Å². The van der Waals surface area contributed by atoms with Crippen molar-refractivity contribution in [1.29, 1.82) is 0 Å². The lowest BCUT2D eigenvalue weighted by Crippen LogP contribution is -2.04. The van der Waals surface area contributed by atoms with Crippen molar-refractivity contribution in [2.24, 2.45) is 0 Å². The zero-order valence-electron chi connectivity index (χ0n) is 16.7. The summed E-state index contributed by atoms with van der Waals surface area (Å²) in [6, 6.07) is 15.5. The van der Waals surface area contributed by atoms with Gasteiger partial charge in [0, 0.05) is 5.56 Å². The second-order valence-corrected chi connectivity index (χ2v) is 6.39. The molecule has 0 aliphatic heterocycles. The van der Waals surface area contributed by atoms with Crippen molar-refractivity contribution in [1.82, 2.24) is 19.9 Å². The summed E-state index contributed by atoms with van der Waals surface area (Å²) >= 11 is 0. The molecule has 2 aromatic carbocycles. The van der Waals surface area contributed by atoms with Gasteiger partial charge in [-0.15, -0.1) is 0 Å². The van der Waals surface area contributed by atoms with E-state index in [9.17, 15) is 0 Å². The quantitative estimate of drug-likeness (QED) is 0.498. The van der Waals surface area contributed by atoms with Crippen LogP contribution in [0.15, 0.2) is 54.7 Å². The minimum absolute atomic E-state index is 0.0917. The Balaban J connectivity index is 1.70. The smallest absolute Gasteiger partial charge is 0.247 e. The molecule has 0 aliphatic carbocycles. The molecule has 0 amide bonds. The lowest BCUT2D eigenvalue weighted by atomic mass is 10.1. The SMILES string of the molecule is CCOc1nc(N)nc2ncc(-c3ccc(OC)c(OCc4ccccc4)c3)nc12. The van der Waals surface area contributed by atoms with Gasteiger partial charge in [-0.05, 0) is 30.7 Å². The Hall–Kier alpha value is -3.94. The molecule has 0 saturated heterocycles. The van der Waals surface area contributed by atoms with Crippen LogP contribution in [-0.4, -0.2) is 33.7 Å². The fourth-order valence-corrected chi connectivity index (χ4v) is 2.96. The van der Waals surface area contributed by atoms with Crippen LogP contribution < -0.4 is 19.9 Å². The number of aromatic nitrogens is 4. The van der Waals surface area contributed by atoms with E-state index in [2.05, 4.69) is 19.9 Å². The third kappa shape index (κ3) is 4.07. The monoisotopic (exact) mass is 403 g/mol. The van der Waals surface area contributed by atoms with E-state index in [0.29, 0.717) is 47.5 Å². The fourth-order valence-electron chi connectivity index (χ4n) is 2.96. The van der Waals surface area contributed by atoms with Crippen LogP contribution in [0.3, 0.4) is 0 Å². The molecule has 8 heteroatoms. The summed E-state index contributed by atoms with van der Waals surface area (Å²) in [6.07, 6.45) is 1.63. The molecule has 4 rings (SSSR count). The molecular weight excluding hydrogens is 382 g/mol. The standard InChI is InChI=1S/C22H21N5O3/c1-3-29-21-19-20(26-22(23)27-21)24-12-16(25-19)15-9-10-17(28-2)18(11-15)30-13-14-7-5-4-6-8-14/h4-12H,3,13H2,1-2H3,(H2,23,24,26,27). The van der Waals surface area contributed by atoms with Crippen molar-refractivity contribution in [2.75, 3.05) is 19.5 Å². The van der Waals surface area contributed by atoms with E-state index in [1.54, 1.807) is 13.3 Å². The Bertz CT molecular complexity index is 1170. The van der Waals surface area contributed by atoms with Gasteiger partial charge in [0.2, 0.25) is 11.8 Å². The highest BCUT2D eigenvalue weighted by Crippen LogP contribution is 2.33. The van der Waals surface area contributed by atoms with Crippen LogP contribution in [-0.2, 0) is 6.61 Å². The van der Waals surface area contributed by atoms with Crippen molar-refractivity contribution in [3.05, 3.63) is 60.3 Å². The Labute approximate surface area is 173 Å². The van der Waals surface area contributed by atoms with Crippen LogP contribution in [0.4, 0.5) is 5.95 Å². The van der Waals surface area contributed by atoms with Gasteiger partial charge >= 0.3 is 0 Å². The number of nitrogens with zero attached hydrogens (tertiary/aromatic N) is 4. The van der Waals surface area contributed by atoms with Gasteiger partial charge in [-0.25, -0.2) is 9.97 Å². The summed E-state index contributed by atoms with van der Waals surface area (Å²) in [7, 11) is 1.61. The van der Waals surface area contributed by atoms with Crippen LogP contribution in [0, 0.1) is 0 Å². The molecule has 2 heterocycles. The summed E-state index contributed by atoms with van der Waals surface area (Å²) in [5.41, 5.74) is 9.07. The van der Waals surface area contributed by atoms with Gasteiger partial charge < -0.3 is 19.9 Å². The first kappa shape index (κ1) is 19.4. The highest BCUT2D eigenvalue weighted by atomic mass is 16.5. The number of hydrogen-bond donors (Lipinski definition) is 1. The molecule has 0 unspecified atom stereocenters. The maximum Gasteiger partial charge on any atom is 0.247 e. The van der Waals surface area contributed by atoms with E-state index in [1.807, 2.05) is 55.5 Å². The van der Waals surface area contributed by atoms with Gasteiger partial charge in [-0.2, -0.15) is 9.97 Å². The molecule has 0 bridgehead atoms. The van der Waals surface area contributed by atoms with Gasteiger partial charge in [0.1, 0.15) is 6.61 Å². The lowest BCUT2D eigenvalue weighted by Gasteiger charge is -2.13. The molecule has 0 aliphatic rings. The molecule has 8 nitrogen and oxygen atoms in total. The maximum atomic E-state index is 6.00. The molecule has 152 valence electrons. The molecule has 2 N–H and O–H groups in total. The molecule has 2 aromatic heterocycles. The number of methoxy groups -OCH3 is 1. The van der Waals surface area contributed by atoms with Crippen molar-refractivity contribution in [2.45, 2.75) is 13.5 Å². The number of anilines is 1. The largest absolute Gasteiger partial charge is 0.493 e. The number of rotatable bonds is 7. The average molecular weight is 403 g/mol. The third-order valence-corrected chi connectivity index (χ3v) is 4.37. The zero-order chi connectivity index (χ0) is 20.9. The summed E-state index contributed by atoms with van der Waals surface area (Å²) in [5, 5.41) is 0. The van der Waals surface area contributed by atoms with E-state index in [1.165, 1.54) is 0 Å². The number of benzene rings is 2. The minimum Gasteiger partial charge on any atom is -0.493 e. The Morgan fingerprint density at radius 2 is 1.77 bits per heavy atom. The fraction of sp³-hybridized carbons (Fsp3) is 0.182. The number of nitrogen functional groups attached to an aromatic ring is 1. The summed E-state index contributed by atoms with van der Waals surface area (Å²) < 4.78 is 17.0. The van der Waals surface area contributed by atoms with Gasteiger partial charge in [0.15, 0.2) is 22.7 Å². The van der Waals surface area contributed by atoms with Gasteiger partial charge in [-0.3, -0.25) is 0 Å². The van der Waals surface area contributed by atoms with Crippen molar-refractivity contribution < 1.29 is 14.2 Å². The molecule has 0 fully saturated rings. The predicted octanol–water partition coefficient (Wildman–Crippen LogP) is 3.66. The Morgan fingerprint density at radius 3 is 2.53 bits per heavy atom. The first-order valence-electron chi connectivity index (χ1n) is 9.46. The maximum absolute atomic E-state index is 6.00. The van der Waals surface area contributed by atoms with Crippen LogP contribution >= 0.6 is 0 Å². The molecular formula is C22H21N5O3. The zero-order valence-corrected chi connectivity index (χ0v) is 16.7. The minimum atomic E-state index is 0.0917. The second-order valence-electron chi connectivity index (χ2n) is 6.39. The summed E-state index contributed by atoms with van der Waals surface area (Å²) in [5.74, 6) is 1.64. The average Bonchev–Trinajstić information content (AvgIpc) is 2.78. The molecule has 0 spiro atoms. The van der Waals surface area contributed by atoms with Gasteiger partial charge in [-0.1, -0.05) is 30.3 Å². The molecule has 4 aromatic rings. The van der Waals surface area contributed by atoms with E-state index < -0.39 is 0 Å². The first-order chi connectivity index (χ1) is 14.7. The van der Waals surface area contributed by atoms with Crippen LogP contribution in [0.1, 0.15) is 12.5 Å². The normalized spacial score (nSPS) is 10.7. The Morgan fingerprint density at radius 1 is 0.933 bits per heavy atom. The second kappa shape index (κ2) is 8.60. The van der Waals surface area contributed by atoms with E-state index >= 15 is 0 Å². The Kier molecular flexibility index (Phi) is 5.56. The number of nitrogens with two attached hydrogens (primary N) is 1. The van der Waals surface area contributed by atoms with E-state index in [4.69, 9.17) is 19.9 Å². The molecule has 0 atom stereocenters. The van der Waals surface area contributed by atoms with Crippen LogP contribution in [0.2, 0.25) is 0 Å². The van der Waals surface area contributed by atoms with Crippen LogP contribution in [0.25, 0.3) is 22.4 Å². The topological polar surface area (TPSA) is 105 Å². The molecule has 30 heavy (non-hydrogen) atoms. The van der Waals surface area contributed by atoms with Crippen molar-refractivity contribution in [3.63, 3.8) is 0 Å². The predicted molar refractivity (Wildman–Crippen MR) is 113 cm³/mol. The molecule has 0 radical (unpaired) electrons. The van der Waals surface area contributed by atoms with Gasteiger partial charge in [0.25, 0.3) is 0 Å². The van der Waals surface area contributed by atoms with E-state index in [-0.39, 0.29) is 5.95 Å². The number of fused-ring (bicyclic) bond motifs is 1. The van der Waals surface area contributed by atoms with Crippen molar-refractivity contribution in [3.8, 4) is 28.6 Å². The lowest BCUT2D eigenvalue weighted by molar-refractivity contribution is 0.284. The van der Waals surface area contributed by atoms with Crippen molar-refractivity contribution >= 4 is 17.1 Å². The van der Waals surface area contributed by atoms with Gasteiger partial charge in [0.05, 0.1) is 25.6 Å². The summed E-state index contributed by atoms with van der Waals surface area (Å²) in [4.78, 5) is 17.3. The van der Waals surface area contributed by atoms with E-state index in [0.717, 1.165) is 11.1 Å². The molecule has 0 saturated carbocycles. The third-order valence-electron chi connectivity index (χ3n) is 4.37.